The van der Waals surface area contributed by atoms with E-state index in [0.717, 1.165) is 27.9 Å². The van der Waals surface area contributed by atoms with Crippen molar-refractivity contribution in [3.05, 3.63) is 66.5 Å². The van der Waals surface area contributed by atoms with Gasteiger partial charge in [0, 0.05) is 37.6 Å². The van der Waals surface area contributed by atoms with Gasteiger partial charge in [0.25, 0.3) is 0 Å². The smallest absolute Gasteiger partial charge is 0.233 e. The molecule has 0 bridgehead atoms. The first-order chi connectivity index (χ1) is 13.6. The zero-order chi connectivity index (χ0) is 19.9. The molecule has 1 heterocycles. The molecule has 1 aromatic heterocycles. The first kappa shape index (κ1) is 19.8. The van der Waals surface area contributed by atoms with Crippen molar-refractivity contribution in [3.8, 4) is 17.2 Å². The number of rotatable bonds is 8. The van der Waals surface area contributed by atoms with Gasteiger partial charge in [-0.2, -0.15) is 0 Å². The number of amides is 1. The van der Waals surface area contributed by atoms with Crippen LogP contribution in [-0.2, 0) is 11.3 Å². The van der Waals surface area contributed by atoms with Crippen LogP contribution >= 0.6 is 11.8 Å². The molecule has 1 amide bonds. The molecule has 0 unspecified atom stereocenters. The van der Waals surface area contributed by atoms with Gasteiger partial charge in [-0.05, 0) is 18.2 Å². The van der Waals surface area contributed by atoms with Crippen LogP contribution in [0, 0.1) is 0 Å². The average molecular weight is 398 g/mol. The molecule has 6 nitrogen and oxygen atoms in total. The number of aromatic nitrogens is 2. The summed E-state index contributed by atoms with van der Waals surface area (Å²) in [7, 11) is 5.07. The number of carbonyl (C=O) groups is 1. The molecule has 0 aliphatic heterocycles. The molecule has 0 saturated heterocycles. The summed E-state index contributed by atoms with van der Waals surface area (Å²) in [5.41, 5.74) is 1.91. The summed E-state index contributed by atoms with van der Waals surface area (Å²) in [6.07, 6.45) is 3.60. The zero-order valence-electron chi connectivity index (χ0n) is 16.2. The molecule has 28 heavy (non-hydrogen) atoms. The van der Waals surface area contributed by atoms with Crippen LogP contribution in [0.15, 0.2) is 66.1 Å². The fourth-order valence-electron chi connectivity index (χ4n) is 2.77. The van der Waals surface area contributed by atoms with Gasteiger partial charge in [0.1, 0.15) is 11.5 Å². The summed E-state index contributed by atoms with van der Waals surface area (Å²) >= 11 is 1.41. The fourth-order valence-corrected chi connectivity index (χ4v) is 3.68. The van der Waals surface area contributed by atoms with Crippen LogP contribution in [0.3, 0.4) is 0 Å². The molecule has 2 aromatic carbocycles. The molecule has 146 valence electrons. The molecule has 0 saturated carbocycles. The molecule has 0 aliphatic carbocycles. The predicted molar refractivity (Wildman–Crippen MR) is 110 cm³/mol. The highest BCUT2D eigenvalue weighted by Crippen LogP contribution is 2.24. The van der Waals surface area contributed by atoms with Gasteiger partial charge in [-0.15, -0.1) is 0 Å². The molecule has 0 fully saturated rings. The lowest BCUT2D eigenvalue weighted by molar-refractivity contribution is -0.127. The number of carbonyl (C=O) groups excluding carboxylic acids is 1. The number of methoxy groups -OCH3 is 2. The van der Waals surface area contributed by atoms with Crippen molar-refractivity contribution < 1.29 is 14.3 Å². The third kappa shape index (κ3) is 4.67. The average Bonchev–Trinajstić information content (AvgIpc) is 3.21. The maximum Gasteiger partial charge on any atom is 0.233 e. The quantitative estimate of drug-likeness (QED) is 0.543. The minimum absolute atomic E-state index is 0.0242. The Balaban J connectivity index is 1.64. The third-order valence-corrected chi connectivity index (χ3v) is 5.24. The Morgan fingerprint density at radius 1 is 1.14 bits per heavy atom. The first-order valence-corrected chi connectivity index (χ1v) is 9.77. The van der Waals surface area contributed by atoms with E-state index in [-0.39, 0.29) is 5.91 Å². The normalized spacial score (nSPS) is 10.5. The summed E-state index contributed by atoms with van der Waals surface area (Å²) in [6.45, 7) is 0.494. The van der Waals surface area contributed by atoms with Gasteiger partial charge in [-0.3, -0.25) is 9.36 Å². The van der Waals surface area contributed by atoms with Crippen LogP contribution in [0.1, 0.15) is 5.56 Å². The molecule has 7 heteroatoms. The lowest BCUT2D eigenvalue weighted by Gasteiger charge is -2.18. The number of imidazole rings is 1. The third-order valence-electron chi connectivity index (χ3n) is 4.29. The van der Waals surface area contributed by atoms with E-state index in [1.165, 1.54) is 11.8 Å². The van der Waals surface area contributed by atoms with Crippen molar-refractivity contribution >= 4 is 17.7 Å². The standard InChI is InChI=1S/C21H23N3O3S/c1-23(14-16-7-4-5-10-19(16)27-3)20(25)15-28-21-22-11-12-24(21)17-8-6-9-18(13-17)26-2/h4-13H,14-15H2,1-3H3. The maximum absolute atomic E-state index is 12.6. The van der Waals surface area contributed by atoms with E-state index in [1.807, 2.05) is 59.3 Å². The summed E-state index contributed by atoms with van der Waals surface area (Å²) in [6, 6.07) is 15.4. The van der Waals surface area contributed by atoms with Crippen molar-refractivity contribution in [2.45, 2.75) is 11.7 Å². The number of benzene rings is 2. The van der Waals surface area contributed by atoms with Crippen molar-refractivity contribution in [3.63, 3.8) is 0 Å². The SMILES string of the molecule is COc1cccc(-n2ccnc2SCC(=O)N(C)Cc2ccccc2OC)c1. The maximum atomic E-state index is 12.6. The Kier molecular flexibility index (Phi) is 6.60. The highest BCUT2D eigenvalue weighted by Gasteiger charge is 2.14. The van der Waals surface area contributed by atoms with Crippen LogP contribution in [0.4, 0.5) is 0 Å². The van der Waals surface area contributed by atoms with Gasteiger partial charge in [0.2, 0.25) is 5.91 Å². The van der Waals surface area contributed by atoms with Crippen molar-refractivity contribution in [2.75, 3.05) is 27.0 Å². The first-order valence-electron chi connectivity index (χ1n) is 8.79. The summed E-state index contributed by atoms with van der Waals surface area (Å²) in [4.78, 5) is 18.7. The zero-order valence-corrected chi connectivity index (χ0v) is 17.0. The second-order valence-electron chi connectivity index (χ2n) is 6.13. The lowest BCUT2D eigenvalue weighted by Crippen LogP contribution is -2.28. The van der Waals surface area contributed by atoms with E-state index in [4.69, 9.17) is 9.47 Å². The molecular weight excluding hydrogens is 374 g/mol. The summed E-state index contributed by atoms with van der Waals surface area (Å²) < 4.78 is 12.6. The van der Waals surface area contributed by atoms with Crippen LogP contribution in [0.5, 0.6) is 11.5 Å². The number of nitrogens with zero attached hydrogens (tertiary/aromatic N) is 3. The molecule has 0 spiro atoms. The monoisotopic (exact) mass is 397 g/mol. The van der Waals surface area contributed by atoms with Gasteiger partial charge in [-0.25, -0.2) is 4.98 Å². The van der Waals surface area contributed by atoms with Gasteiger partial charge in [0.15, 0.2) is 5.16 Å². The summed E-state index contributed by atoms with van der Waals surface area (Å²) in [5.74, 6) is 1.88. The Bertz CT molecular complexity index is 942. The Hall–Kier alpha value is -2.93. The van der Waals surface area contributed by atoms with Crippen LogP contribution in [0.25, 0.3) is 5.69 Å². The predicted octanol–water partition coefficient (Wildman–Crippen LogP) is 3.64. The van der Waals surface area contributed by atoms with E-state index in [1.54, 1.807) is 32.4 Å². The molecule has 0 aliphatic rings. The Labute approximate surface area is 169 Å². The molecule has 0 radical (unpaired) electrons. The minimum Gasteiger partial charge on any atom is -0.497 e. The van der Waals surface area contributed by atoms with Gasteiger partial charge in [-0.1, -0.05) is 36.0 Å². The molecule has 0 atom stereocenters. The number of hydrogen-bond donors (Lipinski definition) is 0. The van der Waals surface area contributed by atoms with E-state index in [0.29, 0.717) is 12.3 Å². The van der Waals surface area contributed by atoms with E-state index < -0.39 is 0 Å². The molecule has 3 aromatic rings. The van der Waals surface area contributed by atoms with Crippen LogP contribution in [-0.4, -0.2) is 47.4 Å². The molecule has 3 rings (SSSR count). The minimum atomic E-state index is 0.0242. The highest BCUT2D eigenvalue weighted by molar-refractivity contribution is 7.99. The molecule has 0 N–H and O–H groups in total. The van der Waals surface area contributed by atoms with Crippen molar-refractivity contribution in [2.24, 2.45) is 0 Å². The second-order valence-corrected chi connectivity index (χ2v) is 7.07. The number of ether oxygens (including phenoxy) is 2. The van der Waals surface area contributed by atoms with Gasteiger partial charge in [0.05, 0.1) is 25.7 Å². The van der Waals surface area contributed by atoms with Crippen LogP contribution < -0.4 is 9.47 Å². The van der Waals surface area contributed by atoms with E-state index >= 15 is 0 Å². The summed E-state index contributed by atoms with van der Waals surface area (Å²) in [5, 5.41) is 0.757. The number of thioether (sulfide) groups is 1. The van der Waals surface area contributed by atoms with Crippen molar-refractivity contribution in [1.82, 2.24) is 14.5 Å². The van der Waals surface area contributed by atoms with Gasteiger partial charge < -0.3 is 14.4 Å². The largest absolute Gasteiger partial charge is 0.497 e. The van der Waals surface area contributed by atoms with Crippen LogP contribution in [0.2, 0.25) is 0 Å². The Morgan fingerprint density at radius 3 is 2.75 bits per heavy atom. The van der Waals surface area contributed by atoms with E-state index in [9.17, 15) is 4.79 Å². The Morgan fingerprint density at radius 2 is 1.96 bits per heavy atom. The van der Waals surface area contributed by atoms with Gasteiger partial charge >= 0.3 is 0 Å². The number of hydrogen-bond acceptors (Lipinski definition) is 5. The second kappa shape index (κ2) is 9.32. The van der Waals surface area contributed by atoms with E-state index in [2.05, 4.69) is 4.98 Å². The fraction of sp³-hybridized carbons (Fsp3) is 0.238. The highest BCUT2D eigenvalue weighted by atomic mass is 32.2. The molecular formula is C21H23N3O3S. The lowest BCUT2D eigenvalue weighted by atomic mass is 10.2. The van der Waals surface area contributed by atoms with Crippen molar-refractivity contribution in [1.29, 1.82) is 0 Å². The topological polar surface area (TPSA) is 56.6 Å². The number of para-hydroxylation sites is 1.